The summed E-state index contributed by atoms with van der Waals surface area (Å²) < 4.78 is 0. The van der Waals surface area contributed by atoms with Crippen LogP contribution in [0, 0.1) is 0 Å². The summed E-state index contributed by atoms with van der Waals surface area (Å²) in [6.07, 6.45) is 3.55. The summed E-state index contributed by atoms with van der Waals surface area (Å²) in [6.45, 7) is 3.73. The van der Waals surface area contributed by atoms with E-state index < -0.39 is 0 Å². The van der Waals surface area contributed by atoms with E-state index in [0.717, 1.165) is 16.8 Å². The van der Waals surface area contributed by atoms with Gasteiger partial charge in [0.15, 0.2) is 0 Å². The van der Waals surface area contributed by atoms with Crippen molar-refractivity contribution in [1.82, 2.24) is 4.98 Å². The second-order valence-corrected chi connectivity index (χ2v) is 3.57. The zero-order valence-electron chi connectivity index (χ0n) is 8.15. The highest BCUT2D eigenvalue weighted by atomic mass is 35.5. The molecule has 0 aliphatic rings. The molecule has 0 bridgehead atoms. The fraction of sp³-hybridized carbons (Fsp3) is 0. The Hall–Kier alpha value is -1.60. The third-order valence-corrected chi connectivity index (χ3v) is 2.50. The average molecular weight is 216 g/mol. The third-order valence-electron chi connectivity index (χ3n) is 2.17. The summed E-state index contributed by atoms with van der Waals surface area (Å²) in [4.78, 5) is 4.29. The van der Waals surface area contributed by atoms with Crippen molar-refractivity contribution in [3.63, 3.8) is 0 Å². The summed E-state index contributed by atoms with van der Waals surface area (Å²) in [5.74, 6) is 0. The first-order valence-electron chi connectivity index (χ1n) is 4.64. The van der Waals surface area contributed by atoms with E-state index in [1.165, 1.54) is 0 Å². The van der Waals surface area contributed by atoms with Gasteiger partial charge >= 0.3 is 0 Å². The number of pyridine rings is 1. The van der Waals surface area contributed by atoms with Crippen LogP contribution in [0.5, 0.6) is 0 Å². The second-order valence-electron chi connectivity index (χ2n) is 3.16. The molecule has 74 valence electrons. The first-order chi connectivity index (χ1) is 7.31. The molecule has 1 aromatic heterocycles. The largest absolute Gasteiger partial charge is 0.256 e. The minimum absolute atomic E-state index is 0.714. The van der Waals surface area contributed by atoms with Crippen molar-refractivity contribution in [2.24, 2.45) is 0 Å². The Morgan fingerprint density at radius 1 is 1.20 bits per heavy atom. The lowest BCUT2D eigenvalue weighted by molar-refractivity contribution is 1.32. The van der Waals surface area contributed by atoms with E-state index in [4.69, 9.17) is 11.6 Å². The van der Waals surface area contributed by atoms with Gasteiger partial charge in [-0.15, -0.1) is 0 Å². The SMILES string of the molecule is C=Cc1ccnc(-c2ccccc2Cl)c1. The molecule has 0 atom stereocenters. The number of hydrogen-bond acceptors (Lipinski definition) is 1. The molecule has 1 nitrogen and oxygen atoms in total. The monoisotopic (exact) mass is 215 g/mol. The van der Waals surface area contributed by atoms with Gasteiger partial charge in [-0.05, 0) is 23.8 Å². The van der Waals surface area contributed by atoms with E-state index >= 15 is 0 Å². The summed E-state index contributed by atoms with van der Waals surface area (Å²) in [7, 11) is 0. The summed E-state index contributed by atoms with van der Waals surface area (Å²) in [5, 5.41) is 0.714. The Labute approximate surface area is 94.1 Å². The predicted octanol–water partition coefficient (Wildman–Crippen LogP) is 4.05. The van der Waals surface area contributed by atoms with E-state index in [-0.39, 0.29) is 0 Å². The van der Waals surface area contributed by atoms with Gasteiger partial charge in [-0.1, -0.05) is 42.5 Å². The van der Waals surface area contributed by atoms with Crippen LogP contribution in [0.1, 0.15) is 5.56 Å². The Bertz CT molecular complexity index is 491. The topological polar surface area (TPSA) is 12.9 Å². The summed E-state index contributed by atoms with van der Waals surface area (Å²) >= 11 is 6.09. The highest BCUT2D eigenvalue weighted by Gasteiger charge is 2.03. The zero-order chi connectivity index (χ0) is 10.7. The van der Waals surface area contributed by atoms with Crippen LogP contribution >= 0.6 is 11.6 Å². The maximum atomic E-state index is 6.09. The molecular weight excluding hydrogens is 206 g/mol. The maximum absolute atomic E-state index is 6.09. The standard InChI is InChI=1S/C13H10ClN/c1-2-10-7-8-15-13(9-10)11-5-3-4-6-12(11)14/h2-9H,1H2. The van der Waals surface area contributed by atoms with Crippen molar-refractivity contribution in [2.75, 3.05) is 0 Å². The molecule has 0 fully saturated rings. The Balaban J connectivity index is 2.54. The van der Waals surface area contributed by atoms with Gasteiger partial charge in [0.2, 0.25) is 0 Å². The fourth-order valence-corrected chi connectivity index (χ4v) is 1.62. The molecule has 0 N–H and O–H groups in total. The third kappa shape index (κ3) is 2.08. The molecule has 0 spiro atoms. The van der Waals surface area contributed by atoms with E-state index in [1.54, 1.807) is 12.3 Å². The average Bonchev–Trinajstić information content (AvgIpc) is 2.30. The van der Waals surface area contributed by atoms with E-state index in [1.807, 2.05) is 36.4 Å². The van der Waals surface area contributed by atoms with Crippen LogP contribution in [0.2, 0.25) is 5.02 Å². The van der Waals surface area contributed by atoms with Gasteiger partial charge in [-0.25, -0.2) is 0 Å². The number of benzene rings is 1. The Morgan fingerprint density at radius 3 is 2.73 bits per heavy atom. The van der Waals surface area contributed by atoms with Gasteiger partial charge in [0.25, 0.3) is 0 Å². The van der Waals surface area contributed by atoms with Crippen molar-refractivity contribution in [1.29, 1.82) is 0 Å². The highest BCUT2D eigenvalue weighted by Crippen LogP contribution is 2.26. The molecule has 2 aromatic rings. The molecule has 2 rings (SSSR count). The summed E-state index contributed by atoms with van der Waals surface area (Å²) in [5.41, 5.74) is 2.86. The molecule has 0 unspecified atom stereocenters. The van der Waals surface area contributed by atoms with Crippen LogP contribution in [0.15, 0.2) is 49.2 Å². The van der Waals surface area contributed by atoms with Gasteiger partial charge in [-0.3, -0.25) is 4.98 Å². The molecule has 0 aliphatic heterocycles. The second kappa shape index (κ2) is 4.28. The maximum Gasteiger partial charge on any atom is 0.0722 e. The first kappa shape index (κ1) is 9.94. The van der Waals surface area contributed by atoms with Gasteiger partial charge in [0.1, 0.15) is 0 Å². The predicted molar refractivity (Wildman–Crippen MR) is 64.8 cm³/mol. The molecule has 1 heterocycles. The molecule has 0 saturated carbocycles. The Kier molecular flexibility index (Phi) is 2.84. The van der Waals surface area contributed by atoms with Crippen molar-refractivity contribution in [2.45, 2.75) is 0 Å². The lowest BCUT2D eigenvalue weighted by Gasteiger charge is -2.03. The van der Waals surface area contributed by atoms with Gasteiger partial charge in [-0.2, -0.15) is 0 Å². The van der Waals surface area contributed by atoms with Crippen LogP contribution in [0.4, 0.5) is 0 Å². The van der Waals surface area contributed by atoms with E-state index in [9.17, 15) is 0 Å². The normalized spacial score (nSPS) is 9.93. The highest BCUT2D eigenvalue weighted by molar-refractivity contribution is 6.33. The minimum atomic E-state index is 0.714. The number of rotatable bonds is 2. The van der Waals surface area contributed by atoms with E-state index in [0.29, 0.717) is 5.02 Å². The molecule has 1 aromatic carbocycles. The molecule has 15 heavy (non-hydrogen) atoms. The number of halogens is 1. The first-order valence-corrected chi connectivity index (χ1v) is 5.02. The fourth-order valence-electron chi connectivity index (χ4n) is 1.39. The molecular formula is C13H10ClN. The number of nitrogens with zero attached hydrogens (tertiary/aromatic N) is 1. The van der Waals surface area contributed by atoms with Crippen LogP contribution in [0.25, 0.3) is 17.3 Å². The molecule has 0 amide bonds. The molecule has 0 saturated heterocycles. The molecule has 0 aliphatic carbocycles. The van der Waals surface area contributed by atoms with Crippen molar-refractivity contribution < 1.29 is 0 Å². The van der Waals surface area contributed by atoms with Crippen molar-refractivity contribution >= 4 is 17.7 Å². The van der Waals surface area contributed by atoms with Crippen molar-refractivity contribution in [3.05, 3.63) is 59.8 Å². The molecule has 2 heteroatoms. The van der Waals surface area contributed by atoms with Gasteiger partial charge in [0.05, 0.1) is 5.69 Å². The van der Waals surface area contributed by atoms with Crippen LogP contribution in [-0.2, 0) is 0 Å². The molecule has 0 radical (unpaired) electrons. The smallest absolute Gasteiger partial charge is 0.0722 e. The number of hydrogen-bond donors (Lipinski definition) is 0. The van der Waals surface area contributed by atoms with E-state index in [2.05, 4.69) is 11.6 Å². The van der Waals surface area contributed by atoms with Crippen LogP contribution in [-0.4, -0.2) is 4.98 Å². The number of aromatic nitrogens is 1. The minimum Gasteiger partial charge on any atom is -0.256 e. The zero-order valence-corrected chi connectivity index (χ0v) is 8.91. The van der Waals surface area contributed by atoms with Gasteiger partial charge in [0, 0.05) is 16.8 Å². The lowest BCUT2D eigenvalue weighted by Crippen LogP contribution is -1.84. The van der Waals surface area contributed by atoms with Crippen LogP contribution < -0.4 is 0 Å². The lowest BCUT2D eigenvalue weighted by atomic mass is 10.1. The summed E-state index contributed by atoms with van der Waals surface area (Å²) in [6, 6.07) is 11.5. The van der Waals surface area contributed by atoms with Gasteiger partial charge < -0.3 is 0 Å². The Morgan fingerprint density at radius 2 is 2.00 bits per heavy atom. The van der Waals surface area contributed by atoms with Crippen LogP contribution in [0.3, 0.4) is 0 Å². The quantitative estimate of drug-likeness (QED) is 0.737. The van der Waals surface area contributed by atoms with Crippen molar-refractivity contribution in [3.8, 4) is 11.3 Å².